The summed E-state index contributed by atoms with van der Waals surface area (Å²) >= 11 is 13.8. The fourth-order valence-electron chi connectivity index (χ4n) is 3.28. The van der Waals surface area contributed by atoms with Gasteiger partial charge in [0.1, 0.15) is 12.4 Å². The van der Waals surface area contributed by atoms with E-state index in [0.717, 1.165) is 22.2 Å². The number of hydrogen-bond acceptors (Lipinski definition) is 4. The van der Waals surface area contributed by atoms with Gasteiger partial charge in [0.15, 0.2) is 4.96 Å². The van der Waals surface area contributed by atoms with Crippen molar-refractivity contribution in [3.8, 4) is 5.75 Å². The van der Waals surface area contributed by atoms with Crippen molar-refractivity contribution >= 4 is 56.6 Å². The van der Waals surface area contributed by atoms with Gasteiger partial charge in [0, 0.05) is 15.6 Å². The van der Waals surface area contributed by atoms with Gasteiger partial charge in [0.2, 0.25) is 0 Å². The standard InChI is InChI=1S/C23H14Cl2N2O2S/c24-17-7-4-8-18(25)16(17)13-29-15-6-3-5-14(11-15)12-21-22(28)27-20-10-2-1-9-19(20)26-23(27)30-21/h1-12H,13H2. The number of halogens is 2. The molecule has 0 bridgehead atoms. The van der Waals surface area contributed by atoms with Gasteiger partial charge in [-0.05, 0) is 48.0 Å². The molecule has 2 aromatic heterocycles. The molecule has 0 aliphatic heterocycles. The van der Waals surface area contributed by atoms with Crippen LogP contribution in [0.5, 0.6) is 5.75 Å². The smallest absolute Gasteiger partial charge is 0.274 e. The molecule has 0 atom stereocenters. The van der Waals surface area contributed by atoms with Crippen molar-refractivity contribution in [2.45, 2.75) is 6.61 Å². The summed E-state index contributed by atoms with van der Waals surface area (Å²) in [5.41, 5.74) is 3.17. The summed E-state index contributed by atoms with van der Waals surface area (Å²) in [6, 6.07) is 20.5. The van der Waals surface area contributed by atoms with Gasteiger partial charge in [-0.3, -0.25) is 4.79 Å². The molecular weight excluding hydrogens is 439 g/mol. The van der Waals surface area contributed by atoms with Crippen LogP contribution >= 0.6 is 34.5 Å². The van der Waals surface area contributed by atoms with Crippen molar-refractivity contribution in [2.75, 3.05) is 0 Å². The highest BCUT2D eigenvalue weighted by Crippen LogP contribution is 2.26. The monoisotopic (exact) mass is 452 g/mol. The molecule has 3 aromatic carbocycles. The largest absolute Gasteiger partial charge is 0.489 e. The topological polar surface area (TPSA) is 43.6 Å². The molecule has 4 nitrogen and oxygen atoms in total. The van der Waals surface area contributed by atoms with E-state index in [9.17, 15) is 4.79 Å². The highest BCUT2D eigenvalue weighted by molar-refractivity contribution is 7.15. The average molecular weight is 453 g/mol. The van der Waals surface area contributed by atoms with Gasteiger partial charge >= 0.3 is 0 Å². The number of thiazole rings is 1. The average Bonchev–Trinajstić information content (AvgIpc) is 3.24. The number of aromatic nitrogens is 2. The summed E-state index contributed by atoms with van der Waals surface area (Å²) in [7, 11) is 0. The van der Waals surface area contributed by atoms with E-state index in [1.54, 1.807) is 22.6 Å². The zero-order valence-corrected chi connectivity index (χ0v) is 17.8. The van der Waals surface area contributed by atoms with Crippen molar-refractivity contribution in [1.29, 1.82) is 0 Å². The lowest BCUT2D eigenvalue weighted by Gasteiger charge is -2.09. The second-order valence-electron chi connectivity index (χ2n) is 6.70. The number of para-hydroxylation sites is 2. The third kappa shape index (κ3) is 3.45. The Morgan fingerprint density at radius 1 is 1.00 bits per heavy atom. The lowest BCUT2D eigenvalue weighted by atomic mass is 10.2. The summed E-state index contributed by atoms with van der Waals surface area (Å²) in [5, 5.41) is 1.13. The van der Waals surface area contributed by atoms with Crippen LogP contribution in [0.1, 0.15) is 11.1 Å². The lowest BCUT2D eigenvalue weighted by Crippen LogP contribution is -2.22. The number of hydrogen-bond donors (Lipinski definition) is 0. The van der Waals surface area contributed by atoms with Gasteiger partial charge in [-0.1, -0.05) is 64.9 Å². The van der Waals surface area contributed by atoms with Gasteiger partial charge in [-0.2, -0.15) is 0 Å². The highest BCUT2D eigenvalue weighted by atomic mass is 35.5. The molecule has 0 spiro atoms. The molecule has 0 N–H and O–H groups in total. The first-order valence-corrected chi connectivity index (χ1v) is 10.7. The summed E-state index contributed by atoms with van der Waals surface area (Å²) in [6.07, 6.45) is 1.85. The highest BCUT2D eigenvalue weighted by Gasteiger charge is 2.11. The van der Waals surface area contributed by atoms with Crippen molar-refractivity contribution in [1.82, 2.24) is 9.38 Å². The van der Waals surface area contributed by atoms with Gasteiger partial charge in [-0.25, -0.2) is 9.38 Å². The third-order valence-corrected chi connectivity index (χ3v) is 6.42. The van der Waals surface area contributed by atoms with Gasteiger partial charge in [0.25, 0.3) is 5.56 Å². The van der Waals surface area contributed by atoms with E-state index in [1.807, 2.05) is 54.6 Å². The molecule has 30 heavy (non-hydrogen) atoms. The van der Waals surface area contributed by atoms with E-state index < -0.39 is 0 Å². The van der Waals surface area contributed by atoms with Crippen molar-refractivity contribution in [3.63, 3.8) is 0 Å². The summed E-state index contributed by atoms with van der Waals surface area (Å²) in [4.78, 5) is 18.2. The number of nitrogens with zero attached hydrogens (tertiary/aromatic N) is 2. The summed E-state index contributed by atoms with van der Waals surface area (Å²) in [6.45, 7) is 0.258. The van der Waals surface area contributed by atoms with E-state index in [1.165, 1.54) is 11.3 Å². The second kappa shape index (κ2) is 7.76. The number of imidazole rings is 1. The van der Waals surface area contributed by atoms with Crippen LogP contribution in [0.2, 0.25) is 10.0 Å². The van der Waals surface area contributed by atoms with E-state index in [0.29, 0.717) is 25.3 Å². The predicted molar refractivity (Wildman–Crippen MR) is 123 cm³/mol. The fraction of sp³-hybridized carbons (Fsp3) is 0.0435. The van der Waals surface area contributed by atoms with Crippen LogP contribution in [0.3, 0.4) is 0 Å². The Morgan fingerprint density at radius 2 is 1.77 bits per heavy atom. The van der Waals surface area contributed by atoms with E-state index >= 15 is 0 Å². The molecule has 0 fully saturated rings. The summed E-state index contributed by atoms with van der Waals surface area (Å²) < 4.78 is 8.16. The lowest BCUT2D eigenvalue weighted by molar-refractivity contribution is 0.306. The molecule has 5 aromatic rings. The minimum absolute atomic E-state index is 0.0714. The zero-order valence-electron chi connectivity index (χ0n) is 15.5. The first-order chi connectivity index (χ1) is 14.6. The molecule has 2 heterocycles. The molecule has 5 rings (SSSR count). The summed E-state index contributed by atoms with van der Waals surface area (Å²) in [5.74, 6) is 0.666. The SMILES string of the molecule is O=c1c(=Cc2cccc(OCc3c(Cl)cccc3Cl)c2)sc2nc3ccccc3n12. The second-order valence-corrected chi connectivity index (χ2v) is 8.52. The Hall–Kier alpha value is -2.86. The Labute approximate surface area is 185 Å². The van der Waals surface area contributed by atoms with Crippen LogP contribution in [0.15, 0.2) is 71.5 Å². The number of benzene rings is 3. The van der Waals surface area contributed by atoms with Gasteiger partial charge in [-0.15, -0.1) is 0 Å². The molecule has 0 aliphatic carbocycles. The maximum atomic E-state index is 12.9. The molecule has 0 amide bonds. The number of fused-ring (bicyclic) bond motifs is 3. The van der Waals surface area contributed by atoms with Gasteiger partial charge in [0.05, 0.1) is 15.6 Å². The maximum Gasteiger partial charge on any atom is 0.274 e. The van der Waals surface area contributed by atoms with Crippen molar-refractivity contribution in [2.24, 2.45) is 0 Å². The molecule has 0 unspecified atom stereocenters. The Kier molecular flexibility index (Phi) is 4.95. The third-order valence-electron chi connectivity index (χ3n) is 4.75. The Morgan fingerprint density at radius 3 is 2.60 bits per heavy atom. The Bertz CT molecular complexity index is 1490. The van der Waals surface area contributed by atoms with Crippen LogP contribution < -0.4 is 14.8 Å². The molecule has 148 valence electrons. The van der Waals surface area contributed by atoms with Crippen molar-refractivity contribution in [3.05, 3.63) is 103 Å². The molecule has 0 saturated heterocycles. The molecule has 0 aliphatic rings. The minimum Gasteiger partial charge on any atom is -0.489 e. The van der Waals surface area contributed by atoms with Crippen LogP contribution in [0, 0.1) is 0 Å². The number of rotatable bonds is 4. The van der Waals surface area contributed by atoms with Crippen LogP contribution in [-0.4, -0.2) is 9.38 Å². The van der Waals surface area contributed by atoms with Gasteiger partial charge < -0.3 is 4.74 Å². The van der Waals surface area contributed by atoms with E-state index in [2.05, 4.69) is 4.98 Å². The zero-order chi connectivity index (χ0) is 20.7. The van der Waals surface area contributed by atoms with Crippen LogP contribution in [0.4, 0.5) is 0 Å². The first kappa shape index (κ1) is 19.1. The number of ether oxygens (including phenoxy) is 1. The molecule has 0 saturated carbocycles. The molecular formula is C23H14Cl2N2O2S. The normalized spacial score (nSPS) is 12.1. The predicted octanol–water partition coefficient (Wildman–Crippen LogP) is 5.34. The Balaban J connectivity index is 1.48. The first-order valence-electron chi connectivity index (χ1n) is 9.17. The maximum absolute atomic E-state index is 12.9. The van der Waals surface area contributed by atoms with E-state index in [4.69, 9.17) is 27.9 Å². The minimum atomic E-state index is -0.0714. The van der Waals surface area contributed by atoms with E-state index in [-0.39, 0.29) is 12.2 Å². The molecule has 0 radical (unpaired) electrons. The fourth-order valence-corrected chi connectivity index (χ4v) is 4.78. The van der Waals surface area contributed by atoms with Crippen LogP contribution in [-0.2, 0) is 6.61 Å². The van der Waals surface area contributed by atoms with Crippen molar-refractivity contribution < 1.29 is 4.74 Å². The quantitative estimate of drug-likeness (QED) is 0.369. The van der Waals surface area contributed by atoms with Crippen LogP contribution in [0.25, 0.3) is 22.1 Å². The molecule has 7 heteroatoms.